The fourth-order valence-corrected chi connectivity index (χ4v) is 2.78. The number of amides is 1. The Bertz CT molecular complexity index is 1080. The van der Waals surface area contributed by atoms with Crippen LogP contribution in [0.2, 0.25) is 0 Å². The second kappa shape index (κ2) is 6.40. The Labute approximate surface area is 149 Å². The molecule has 0 bridgehead atoms. The third-order valence-electron chi connectivity index (χ3n) is 4.07. The molecule has 8 heteroatoms. The van der Waals surface area contributed by atoms with Crippen molar-refractivity contribution in [3.05, 3.63) is 54.7 Å². The zero-order valence-corrected chi connectivity index (χ0v) is 14.3. The summed E-state index contributed by atoms with van der Waals surface area (Å²) in [6.45, 7) is 4.06. The van der Waals surface area contributed by atoms with E-state index in [0.717, 1.165) is 10.9 Å². The first-order valence-corrected chi connectivity index (χ1v) is 8.23. The van der Waals surface area contributed by atoms with Crippen molar-refractivity contribution in [2.24, 2.45) is 0 Å². The molecule has 0 aliphatic carbocycles. The average molecular weight is 347 g/mol. The van der Waals surface area contributed by atoms with Gasteiger partial charge in [-0.05, 0) is 19.9 Å². The van der Waals surface area contributed by atoms with Crippen LogP contribution in [0.25, 0.3) is 22.4 Å². The van der Waals surface area contributed by atoms with Crippen molar-refractivity contribution in [2.45, 2.75) is 19.9 Å². The van der Waals surface area contributed by atoms with E-state index in [0.29, 0.717) is 22.9 Å². The molecular formula is C18H17N7O. The molecule has 0 saturated carbocycles. The van der Waals surface area contributed by atoms with Crippen LogP contribution in [0.4, 0.5) is 5.82 Å². The van der Waals surface area contributed by atoms with Crippen LogP contribution in [0.15, 0.2) is 49.2 Å². The number of nitrogens with one attached hydrogen (secondary N) is 2. The molecule has 0 spiro atoms. The van der Waals surface area contributed by atoms with Gasteiger partial charge in [0.05, 0.1) is 18.0 Å². The molecule has 0 saturated heterocycles. The predicted molar refractivity (Wildman–Crippen MR) is 97.7 cm³/mol. The van der Waals surface area contributed by atoms with Gasteiger partial charge < -0.3 is 14.9 Å². The lowest BCUT2D eigenvalue weighted by atomic mass is 10.1. The molecule has 0 radical (unpaired) electrons. The Balaban J connectivity index is 1.63. The molecule has 1 amide bonds. The first-order valence-electron chi connectivity index (χ1n) is 8.23. The second-order valence-electron chi connectivity index (χ2n) is 6.15. The van der Waals surface area contributed by atoms with Crippen LogP contribution in [-0.4, -0.2) is 35.6 Å². The van der Waals surface area contributed by atoms with Crippen molar-refractivity contribution in [1.82, 2.24) is 29.7 Å². The zero-order chi connectivity index (χ0) is 18.1. The fourth-order valence-electron chi connectivity index (χ4n) is 2.78. The van der Waals surface area contributed by atoms with Gasteiger partial charge in [0.15, 0.2) is 11.6 Å². The number of para-hydroxylation sites is 1. The summed E-state index contributed by atoms with van der Waals surface area (Å²) in [5.41, 5.74) is 2.01. The lowest BCUT2D eigenvalue weighted by Crippen LogP contribution is -2.13. The normalized spacial score (nSPS) is 11.2. The third-order valence-corrected chi connectivity index (χ3v) is 4.07. The van der Waals surface area contributed by atoms with Crippen molar-refractivity contribution in [3.63, 3.8) is 0 Å². The van der Waals surface area contributed by atoms with Crippen LogP contribution in [0, 0.1) is 0 Å². The molecule has 26 heavy (non-hydrogen) atoms. The summed E-state index contributed by atoms with van der Waals surface area (Å²) >= 11 is 0. The van der Waals surface area contributed by atoms with E-state index in [1.807, 2.05) is 42.7 Å². The summed E-state index contributed by atoms with van der Waals surface area (Å²) < 4.78 is 1.90. The summed E-state index contributed by atoms with van der Waals surface area (Å²) in [4.78, 5) is 24.4. The average Bonchev–Trinajstić information content (AvgIpc) is 3.29. The highest BCUT2D eigenvalue weighted by atomic mass is 16.1. The molecule has 8 nitrogen and oxygen atoms in total. The number of aromatic amines is 1. The standard InChI is InChI=1S/C18H17N7O/c1-11(2)25-10-21-24-17(25)15-8-19-9-16(22-15)23-18(26)13-7-20-14-6-4-3-5-12(13)14/h3-11,20H,1-2H3,(H,22,23,26). The van der Waals surface area contributed by atoms with E-state index in [4.69, 9.17) is 0 Å². The van der Waals surface area contributed by atoms with Gasteiger partial charge in [-0.25, -0.2) is 4.98 Å². The lowest BCUT2D eigenvalue weighted by molar-refractivity contribution is 0.102. The van der Waals surface area contributed by atoms with E-state index >= 15 is 0 Å². The molecule has 0 fully saturated rings. The van der Waals surface area contributed by atoms with Crippen molar-refractivity contribution >= 4 is 22.6 Å². The van der Waals surface area contributed by atoms with Gasteiger partial charge in [-0.3, -0.25) is 9.78 Å². The van der Waals surface area contributed by atoms with Gasteiger partial charge in [0, 0.05) is 23.1 Å². The minimum Gasteiger partial charge on any atom is -0.360 e. The van der Waals surface area contributed by atoms with Gasteiger partial charge in [0.25, 0.3) is 5.91 Å². The Kier molecular flexibility index (Phi) is 3.92. The molecule has 1 aromatic carbocycles. The summed E-state index contributed by atoms with van der Waals surface area (Å²) in [5, 5.41) is 11.7. The molecule has 3 aromatic heterocycles. The summed E-state index contributed by atoms with van der Waals surface area (Å²) in [7, 11) is 0. The van der Waals surface area contributed by atoms with E-state index < -0.39 is 0 Å². The topological polar surface area (TPSA) is 101 Å². The second-order valence-corrected chi connectivity index (χ2v) is 6.15. The van der Waals surface area contributed by atoms with Gasteiger partial charge in [0.2, 0.25) is 0 Å². The van der Waals surface area contributed by atoms with Crippen molar-refractivity contribution in [2.75, 3.05) is 5.32 Å². The molecular weight excluding hydrogens is 330 g/mol. The Morgan fingerprint density at radius 3 is 2.92 bits per heavy atom. The smallest absolute Gasteiger partial charge is 0.259 e. The number of fused-ring (bicyclic) bond motifs is 1. The first kappa shape index (κ1) is 15.9. The SMILES string of the molecule is CC(C)n1cnnc1-c1cncc(NC(=O)c2c[nH]c3ccccc23)n1. The molecule has 2 N–H and O–H groups in total. The van der Waals surface area contributed by atoms with Gasteiger partial charge in [0.1, 0.15) is 12.0 Å². The minimum absolute atomic E-state index is 0.186. The summed E-state index contributed by atoms with van der Waals surface area (Å²) in [5.74, 6) is 0.714. The number of H-pyrrole nitrogens is 1. The molecule has 130 valence electrons. The Hall–Kier alpha value is -3.55. The maximum Gasteiger partial charge on any atom is 0.259 e. The Morgan fingerprint density at radius 1 is 1.23 bits per heavy atom. The molecule has 0 unspecified atom stereocenters. The summed E-state index contributed by atoms with van der Waals surface area (Å²) in [6, 6.07) is 7.82. The zero-order valence-electron chi connectivity index (χ0n) is 14.3. The van der Waals surface area contributed by atoms with Crippen molar-refractivity contribution in [1.29, 1.82) is 0 Å². The van der Waals surface area contributed by atoms with Gasteiger partial charge in [-0.1, -0.05) is 18.2 Å². The maximum atomic E-state index is 12.6. The van der Waals surface area contributed by atoms with Crippen LogP contribution in [0.3, 0.4) is 0 Å². The first-order chi connectivity index (χ1) is 12.6. The quantitative estimate of drug-likeness (QED) is 0.591. The highest BCUT2D eigenvalue weighted by Gasteiger charge is 2.15. The van der Waals surface area contributed by atoms with Gasteiger partial charge >= 0.3 is 0 Å². The number of aromatic nitrogens is 6. The van der Waals surface area contributed by atoms with Crippen LogP contribution in [-0.2, 0) is 0 Å². The fraction of sp³-hybridized carbons (Fsp3) is 0.167. The molecule has 0 aliphatic rings. The number of hydrogen-bond donors (Lipinski definition) is 2. The molecule has 4 rings (SSSR count). The van der Waals surface area contributed by atoms with Crippen LogP contribution in [0.1, 0.15) is 30.2 Å². The van der Waals surface area contributed by atoms with Crippen molar-refractivity contribution in [3.8, 4) is 11.5 Å². The van der Waals surface area contributed by atoms with E-state index in [1.54, 1.807) is 18.7 Å². The van der Waals surface area contributed by atoms with Gasteiger partial charge in [-0.2, -0.15) is 0 Å². The highest BCUT2D eigenvalue weighted by molar-refractivity contribution is 6.12. The molecule has 4 aromatic rings. The minimum atomic E-state index is -0.251. The van der Waals surface area contributed by atoms with Crippen LogP contribution < -0.4 is 5.32 Å². The number of hydrogen-bond acceptors (Lipinski definition) is 5. The number of rotatable bonds is 4. The van der Waals surface area contributed by atoms with Crippen LogP contribution in [0.5, 0.6) is 0 Å². The van der Waals surface area contributed by atoms with Crippen LogP contribution >= 0.6 is 0 Å². The lowest BCUT2D eigenvalue weighted by Gasteiger charge is -2.10. The number of nitrogens with zero attached hydrogens (tertiary/aromatic N) is 5. The van der Waals surface area contributed by atoms with E-state index in [1.165, 1.54) is 6.20 Å². The number of anilines is 1. The number of benzene rings is 1. The highest BCUT2D eigenvalue weighted by Crippen LogP contribution is 2.21. The Morgan fingerprint density at radius 2 is 2.08 bits per heavy atom. The monoisotopic (exact) mass is 347 g/mol. The number of carbonyl (C=O) groups is 1. The van der Waals surface area contributed by atoms with E-state index in [9.17, 15) is 4.79 Å². The maximum absolute atomic E-state index is 12.6. The largest absolute Gasteiger partial charge is 0.360 e. The summed E-state index contributed by atoms with van der Waals surface area (Å²) in [6.07, 6.45) is 6.45. The number of carbonyl (C=O) groups excluding carboxylic acids is 1. The van der Waals surface area contributed by atoms with E-state index in [-0.39, 0.29) is 11.9 Å². The van der Waals surface area contributed by atoms with Gasteiger partial charge in [-0.15, -0.1) is 10.2 Å². The van der Waals surface area contributed by atoms with Crippen molar-refractivity contribution < 1.29 is 4.79 Å². The molecule has 0 aliphatic heterocycles. The van der Waals surface area contributed by atoms with E-state index in [2.05, 4.69) is 30.5 Å². The molecule has 3 heterocycles. The predicted octanol–water partition coefficient (Wildman–Crippen LogP) is 3.05. The third kappa shape index (κ3) is 2.81. The molecule has 0 atom stereocenters.